The molecular weight excluding hydrogens is 346 g/mol. The Morgan fingerprint density at radius 3 is 2.44 bits per heavy atom. The van der Waals surface area contributed by atoms with Gasteiger partial charge >= 0.3 is 5.69 Å². The van der Waals surface area contributed by atoms with Crippen LogP contribution in [0.4, 0.5) is 17.2 Å². The van der Waals surface area contributed by atoms with Gasteiger partial charge in [-0.25, -0.2) is 4.79 Å². The molecule has 0 aliphatic heterocycles. The van der Waals surface area contributed by atoms with Gasteiger partial charge in [-0.15, -0.1) is 0 Å². The maximum Gasteiger partial charge on any atom is 0.330 e. The summed E-state index contributed by atoms with van der Waals surface area (Å²) < 4.78 is 1.32. The van der Waals surface area contributed by atoms with Crippen molar-refractivity contribution >= 4 is 23.1 Å². The maximum absolute atomic E-state index is 12.9. The third-order valence-electron chi connectivity index (χ3n) is 4.41. The number of nitrogen functional groups attached to an aromatic ring is 1. The molecule has 2 aromatic rings. The molecule has 0 aliphatic carbocycles. The van der Waals surface area contributed by atoms with Crippen LogP contribution in [0.25, 0.3) is 0 Å². The molecule has 0 atom stereocenters. The number of amides is 1. The van der Waals surface area contributed by atoms with Crippen molar-refractivity contribution < 1.29 is 4.79 Å². The second-order valence-electron chi connectivity index (χ2n) is 6.33. The third kappa shape index (κ3) is 4.58. The predicted molar refractivity (Wildman–Crippen MR) is 108 cm³/mol. The number of carbonyl (C=O) groups is 1. The van der Waals surface area contributed by atoms with Crippen molar-refractivity contribution in [2.45, 2.75) is 33.2 Å². The summed E-state index contributed by atoms with van der Waals surface area (Å²) >= 11 is 0. The molecule has 0 radical (unpaired) electrons. The molecule has 8 heteroatoms. The van der Waals surface area contributed by atoms with Crippen molar-refractivity contribution in [3.63, 3.8) is 0 Å². The van der Waals surface area contributed by atoms with Crippen LogP contribution in [0, 0.1) is 0 Å². The topological polar surface area (TPSA) is 104 Å². The molecule has 3 N–H and O–H groups in total. The van der Waals surface area contributed by atoms with Crippen LogP contribution >= 0.6 is 0 Å². The molecule has 2 rings (SSSR count). The number of hydrogen-bond donors (Lipinski definition) is 2. The van der Waals surface area contributed by atoms with Crippen molar-refractivity contribution in [1.82, 2.24) is 9.55 Å². The standard InChI is InChI=1S/C19H27N5O3/c1-4-6-12-24-17(20)16(18(26)21-19(24)27)23(5-2)15(25)13-22(3)14-10-8-7-9-11-14/h7-11H,4-6,12-13,20H2,1-3H3,(H,21,26,27). The minimum absolute atomic E-state index is 0.0229. The van der Waals surface area contributed by atoms with E-state index in [0.717, 1.165) is 18.5 Å². The lowest BCUT2D eigenvalue weighted by Gasteiger charge is -2.26. The zero-order valence-corrected chi connectivity index (χ0v) is 16.1. The Morgan fingerprint density at radius 2 is 1.85 bits per heavy atom. The molecule has 146 valence electrons. The number of H-pyrrole nitrogens is 1. The maximum atomic E-state index is 12.9. The zero-order valence-electron chi connectivity index (χ0n) is 16.1. The van der Waals surface area contributed by atoms with E-state index in [-0.39, 0.29) is 30.5 Å². The van der Waals surface area contributed by atoms with E-state index in [1.807, 2.05) is 37.3 Å². The van der Waals surface area contributed by atoms with E-state index < -0.39 is 11.2 Å². The lowest BCUT2D eigenvalue weighted by atomic mass is 10.3. The van der Waals surface area contributed by atoms with Crippen LogP contribution in [-0.4, -0.2) is 35.6 Å². The number of hydrogen-bond acceptors (Lipinski definition) is 5. The van der Waals surface area contributed by atoms with Crippen molar-refractivity contribution in [1.29, 1.82) is 0 Å². The number of nitrogens with one attached hydrogen (secondary N) is 1. The Kier molecular flexibility index (Phi) is 6.81. The van der Waals surface area contributed by atoms with Gasteiger partial charge in [-0.05, 0) is 25.5 Å². The number of likely N-dealkylation sites (N-methyl/N-ethyl adjacent to an activating group) is 2. The molecule has 1 heterocycles. The highest BCUT2D eigenvalue weighted by molar-refractivity contribution is 5.98. The van der Waals surface area contributed by atoms with E-state index in [0.29, 0.717) is 6.54 Å². The Bertz CT molecular complexity index is 888. The van der Waals surface area contributed by atoms with Gasteiger partial charge in [0, 0.05) is 25.8 Å². The van der Waals surface area contributed by atoms with Crippen molar-refractivity contribution in [3.8, 4) is 0 Å². The van der Waals surface area contributed by atoms with Crippen LogP contribution < -0.4 is 26.8 Å². The van der Waals surface area contributed by atoms with Crippen LogP contribution in [0.15, 0.2) is 39.9 Å². The Labute approximate surface area is 158 Å². The normalized spacial score (nSPS) is 10.6. The second kappa shape index (κ2) is 9.07. The Balaban J connectivity index is 2.34. The molecule has 1 aromatic carbocycles. The van der Waals surface area contributed by atoms with Gasteiger partial charge in [0.15, 0.2) is 5.69 Å². The number of carbonyl (C=O) groups excluding carboxylic acids is 1. The largest absolute Gasteiger partial charge is 0.383 e. The first kappa shape index (κ1) is 20.3. The third-order valence-corrected chi connectivity index (χ3v) is 4.41. The minimum Gasteiger partial charge on any atom is -0.383 e. The molecule has 0 unspecified atom stereocenters. The summed E-state index contributed by atoms with van der Waals surface area (Å²) in [5.74, 6) is -0.253. The molecule has 8 nitrogen and oxygen atoms in total. The van der Waals surface area contributed by atoms with E-state index in [1.165, 1.54) is 9.47 Å². The van der Waals surface area contributed by atoms with Gasteiger partial charge in [0.25, 0.3) is 5.56 Å². The van der Waals surface area contributed by atoms with E-state index in [4.69, 9.17) is 5.73 Å². The number of nitrogens with two attached hydrogens (primary N) is 1. The van der Waals surface area contributed by atoms with Crippen molar-refractivity contribution in [2.24, 2.45) is 0 Å². The first-order chi connectivity index (χ1) is 12.9. The Hall–Kier alpha value is -3.03. The highest BCUT2D eigenvalue weighted by atomic mass is 16.2. The number of aromatic amines is 1. The number of benzene rings is 1. The van der Waals surface area contributed by atoms with E-state index in [2.05, 4.69) is 4.98 Å². The smallest absolute Gasteiger partial charge is 0.330 e. The lowest BCUT2D eigenvalue weighted by molar-refractivity contribution is -0.117. The first-order valence-electron chi connectivity index (χ1n) is 9.09. The molecule has 0 fully saturated rings. The minimum atomic E-state index is -0.650. The summed E-state index contributed by atoms with van der Waals surface area (Å²) in [5, 5.41) is 0. The molecule has 0 aliphatic rings. The summed E-state index contributed by atoms with van der Waals surface area (Å²) in [6.45, 7) is 4.49. The van der Waals surface area contributed by atoms with Crippen LogP contribution in [-0.2, 0) is 11.3 Å². The summed E-state index contributed by atoms with van der Waals surface area (Å²) in [7, 11) is 1.80. The quantitative estimate of drug-likeness (QED) is 0.728. The fourth-order valence-electron chi connectivity index (χ4n) is 2.90. The van der Waals surface area contributed by atoms with Crippen LogP contribution in [0.5, 0.6) is 0 Å². The van der Waals surface area contributed by atoms with Crippen LogP contribution in [0.2, 0.25) is 0 Å². The first-order valence-corrected chi connectivity index (χ1v) is 9.09. The average molecular weight is 373 g/mol. The molecule has 0 bridgehead atoms. The number of unbranched alkanes of at least 4 members (excludes halogenated alkanes) is 1. The summed E-state index contributed by atoms with van der Waals surface area (Å²) in [4.78, 5) is 42.7. The lowest BCUT2D eigenvalue weighted by Crippen LogP contribution is -2.44. The van der Waals surface area contributed by atoms with Crippen LogP contribution in [0.1, 0.15) is 26.7 Å². The van der Waals surface area contributed by atoms with Gasteiger partial charge in [-0.1, -0.05) is 31.5 Å². The number of rotatable bonds is 8. The molecule has 1 aromatic heterocycles. The average Bonchev–Trinajstić information content (AvgIpc) is 2.65. The molecule has 0 spiro atoms. The summed E-state index contributed by atoms with van der Waals surface area (Å²) in [5.41, 5.74) is 5.82. The number of aromatic nitrogens is 2. The van der Waals surface area contributed by atoms with E-state index in [1.54, 1.807) is 18.9 Å². The molecule has 27 heavy (non-hydrogen) atoms. The fourth-order valence-corrected chi connectivity index (χ4v) is 2.90. The molecular formula is C19H27N5O3. The van der Waals surface area contributed by atoms with Crippen LogP contribution in [0.3, 0.4) is 0 Å². The molecule has 0 saturated heterocycles. The highest BCUT2D eigenvalue weighted by Crippen LogP contribution is 2.18. The van der Waals surface area contributed by atoms with Gasteiger partial charge in [-0.2, -0.15) is 0 Å². The molecule has 1 amide bonds. The predicted octanol–water partition coefficient (Wildman–Crippen LogP) is 1.41. The van der Waals surface area contributed by atoms with Gasteiger partial charge in [-0.3, -0.25) is 19.1 Å². The van der Waals surface area contributed by atoms with Gasteiger partial charge < -0.3 is 15.5 Å². The van der Waals surface area contributed by atoms with Gasteiger partial charge in [0.1, 0.15) is 5.82 Å². The summed E-state index contributed by atoms with van der Waals surface area (Å²) in [6, 6.07) is 9.48. The zero-order chi connectivity index (χ0) is 20.0. The second-order valence-corrected chi connectivity index (χ2v) is 6.33. The monoisotopic (exact) mass is 373 g/mol. The van der Waals surface area contributed by atoms with Gasteiger partial charge in [0.05, 0.1) is 6.54 Å². The number of nitrogens with zero attached hydrogens (tertiary/aromatic N) is 3. The van der Waals surface area contributed by atoms with E-state index >= 15 is 0 Å². The fraction of sp³-hybridized carbons (Fsp3) is 0.421. The molecule has 0 saturated carbocycles. The van der Waals surface area contributed by atoms with E-state index in [9.17, 15) is 14.4 Å². The van der Waals surface area contributed by atoms with Crippen molar-refractivity contribution in [2.75, 3.05) is 35.7 Å². The SMILES string of the molecule is CCCCn1c(N)c(N(CC)C(=O)CN(C)c2ccccc2)c(=O)[nH]c1=O. The number of anilines is 3. The summed E-state index contributed by atoms with van der Waals surface area (Å²) in [6.07, 6.45) is 1.62. The number of para-hydroxylation sites is 1. The highest BCUT2D eigenvalue weighted by Gasteiger charge is 2.23. The Morgan fingerprint density at radius 1 is 1.19 bits per heavy atom. The van der Waals surface area contributed by atoms with Crippen molar-refractivity contribution in [3.05, 3.63) is 51.2 Å². The van der Waals surface area contributed by atoms with Gasteiger partial charge in [0.2, 0.25) is 5.91 Å².